The average molecular weight is 373 g/mol. The van der Waals surface area contributed by atoms with E-state index < -0.39 is 27.8 Å². The lowest BCUT2D eigenvalue weighted by Crippen LogP contribution is -2.53. The van der Waals surface area contributed by atoms with Gasteiger partial charge in [-0.15, -0.1) is 0 Å². The quantitative estimate of drug-likeness (QED) is 0.762. The maximum Gasteiger partial charge on any atom is 0.244 e. The maximum atomic E-state index is 14.2. The molecule has 0 bridgehead atoms. The molecule has 0 spiro atoms. The van der Waals surface area contributed by atoms with Crippen molar-refractivity contribution in [3.05, 3.63) is 30.1 Å². The van der Waals surface area contributed by atoms with Crippen molar-refractivity contribution in [2.24, 2.45) is 11.8 Å². The SMILES string of the molecule is CC[C@@H](C(=O)NC(C(C)C)C(C)C)N(c1ccccc1F)S(C)(=O)=O. The molecule has 0 aliphatic heterocycles. The van der Waals surface area contributed by atoms with Gasteiger partial charge in [-0.05, 0) is 30.4 Å². The molecule has 0 unspecified atom stereocenters. The van der Waals surface area contributed by atoms with Gasteiger partial charge < -0.3 is 5.32 Å². The molecule has 0 saturated carbocycles. The fraction of sp³-hybridized carbons (Fsp3) is 0.611. The average Bonchev–Trinajstić information content (AvgIpc) is 2.49. The van der Waals surface area contributed by atoms with Gasteiger partial charge in [-0.1, -0.05) is 46.8 Å². The van der Waals surface area contributed by atoms with E-state index in [0.29, 0.717) is 0 Å². The first-order valence-electron chi connectivity index (χ1n) is 8.55. The number of nitrogens with zero attached hydrogens (tertiary/aromatic N) is 1. The van der Waals surface area contributed by atoms with Crippen LogP contribution in [0.25, 0.3) is 0 Å². The summed E-state index contributed by atoms with van der Waals surface area (Å²) < 4.78 is 39.7. The predicted molar refractivity (Wildman–Crippen MR) is 99.4 cm³/mol. The second kappa shape index (κ2) is 8.65. The van der Waals surface area contributed by atoms with E-state index in [1.165, 1.54) is 18.2 Å². The van der Waals surface area contributed by atoms with Crippen LogP contribution in [0.5, 0.6) is 0 Å². The van der Waals surface area contributed by atoms with Crippen LogP contribution >= 0.6 is 0 Å². The molecule has 7 heteroatoms. The van der Waals surface area contributed by atoms with Crippen LogP contribution in [-0.2, 0) is 14.8 Å². The van der Waals surface area contributed by atoms with E-state index in [9.17, 15) is 17.6 Å². The van der Waals surface area contributed by atoms with Crippen LogP contribution in [0, 0.1) is 17.7 Å². The summed E-state index contributed by atoms with van der Waals surface area (Å²) in [7, 11) is -3.84. The van der Waals surface area contributed by atoms with Gasteiger partial charge in [0.1, 0.15) is 11.9 Å². The largest absolute Gasteiger partial charge is 0.351 e. The number of benzene rings is 1. The lowest BCUT2D eigenvalue weighted by atomic mass is 9.93. The van der Waals surface area contributed by atoms with Gasteiger partial charge in [-0.3, -0.25) is 9.10 Å². The minimum atomic E-state index is -3.84. The monoisotopic (exact) mass is 372 g/mol. The second-order valence-corrected chi connectivity index (χ2v) is 8.82. The van der Waals surface area contributed by atoms with Gasteiger partial charge in [-0.25, -0.2) is 12.8 Å². The lowest BCUT2D eigenvalue weighted by molar-refractivity contribution is -0.123. The number of sulfonamides is 1. The van der Waals surface area contributed by atoms with Gasteiger partial charge in [-0.2, -0.15) is 0 Å². The maximum absolute atomic E-state index is 14.2. The van der Waals surface area contributed by atoms with Crippen LogP contribution in [-0.4, -0.2) is 32.7 Å². The Hall–Kier alpha value is -1.63. The Kier molecular flexibility index (Phi) is 7.41. The fourth-order valence-electron chi connectivity index (χ4n) is 3.03. The van der Waals surface area contributed by atoms with Crippen LogP contribution < -0.4 is 9.62 Å². The zero-order valence-electron chi connectivity index (χ0n) is 15.8. The molecule has 0 saturated heterocycles. The Morgan fingerprint density at radius 1 is 1.16 bits per heavy atom. The number of anilines is 1. The highest BCUT2D eigenvalue weighted by molar-refractivity contribution is 7.92. The number of para-hydroxylation sites is 1. The fourth-order valence-corrected chi connectivity index (χ4v) is 4.24. The molecular weight excluding hydrogens is 343 g/mol. The highest BCUT2D eigenvalue weighted by Crippen LogP contribution is 2.26. The summed E-state index contributed by atoms with van der Waals surface area (Å²) in [4.78, 5) is 12.8. The molecule has 0 aliphatic carbocycles. The number of hydrogen-bond donors (Lipinski definition) is 1. The van der Waals surface area contributed by atoms with Gasteiger partial charge in [0, 0.05) is 6.04 Å². The number of hydrogen-bond acceptors (Lipinski definition) is 3. The molecule has 1 N–H and O–H groups in total. The molecule has 0 heterocycles. The first kappa shape index (κ1) is 21.4. The molecule has 0 fully saturated rings. The number of amides is 1. The number of nitrogens with one attached hydrogen (secondary N) is 1. The van der Waals surface area contributed by atoms with Gasteiger partial charge in [0.2, 0.25) is 15.9 Å². The Morgan fingerprint density at radius 3 is 2.08 bits per heavy atom. The third kappa shape index (κ3) is 5.42. The normalized spacial score (nSPS) is 13.4. The van der Waals surface area contributed by atoms with Crippen LogP contribution in [0.2, 0.25) is 0 Å². The van der Waals surface area contributed by atoms with Gasteiger partial charge >= 0.3 is 0 Å². The number of carbonyl (C=O) groups is 1. The molecule has 1 amide bonds. The molecule has 0 aromatic heterocycles. The van der Waals surface area contributed by atoms with E-state index in [2.05, 4.69) is 5.32 Å². The zero-order valence-corrected chi connectivity index (χ0v) is 16.6. The molecule has 1 atom stereocenters. The van der Waals surface area contributed by atoms with Crippen molar-refractivity contribution in [1.29, 1.82) is 0 Å². The molecule has 1 aromatic rings. The summed E-state index contributed by atoms with van der Waals surface area (Å²) in [5.41, 5.74) is -0.113. The molecule has 142 valence electrons. The summed E-state index contributed by atoms with van der Waals surface area (Å²) in [6.07, 6.45) is 1.22. The lowest BCUT2D eigenvalue weighted by Gasteiger charge is -2.33. The molecule has 0 radical (unpaired) electrons. The minimum absolute atomic E-state index is 0.0939. The Morgan fingerprint density at radius 2 is 1.68 bits per heavy atom. The van der Waals surface area contributed by atoms with Crippen molar-refractivity contribution in [3.63, 3.8) is 0 Å². The van der Waals surface area contributed by atoms with E-state index in [1.54, 1.807) is 13.0 Å². The molecule has 25 heavy (non-hydrogen) atoms. The van der Waals surface area contributed by atoms with E-state index in [4.69, 9.17) is 0 Å². The van der Waals surface area contributed by atoms with Crippen molar-refractivity contribution in [1.82, 2.24) is 5.32 Å². The first-order chi connectivity index (χ1) is 11.5. The van der Waals surface area contributed by atoms with Crippen molar-refractivity contribution in [2.45, 2.75) is 53.1 Å². The third-order valence-electron chi connectivity index (χ3n) is 4.17. The molecule has 1 aromatic carbocycles. The van der Waals surface area contributed by atoms with Gasteiger partial charge in [0.25, 0.3) is 0 Å². The smallest absolute Gasteiger partial charge is 0.244 e. The Labute approximate surface area is 150 Å². The van der Waals surface area contributed by atoms with Crippen LogP contribution in [0.3, 0.4) is 0 Å². The topological polar surface area (TPSA) is 66.5 Å². The van der Waals surface area contributed by atoms with Crippen LogP contribution in [0.4, 0.5) is 10.1 Å². The van der Waals surface area contributed by atoms with E-state index >= 15 is 0 Å². The summed E-state index contributed by atoms with van der Waals surface area (Å²) in [5.74, 6) is -0.699. The van der Waals surface area contributed by atoms with Gasteiger partial charge in [0.15, 0.2) is 0 Å². The molecule has 1 rings (SSSR count). The van der Waals surface area contributed by atoms with Crippen LogP contribution in [0.1, 0.15) is 41.0 Å². The number of rotatable bonds is 8. The number of carbonyl (C=O) groups excluding carboxylic acids is 1. The van der Waals surface area contributed by atoms with Crippen molar-refractivity contribution >= 4 is 21.6 Å². The highest BCUT2D eigenvalue weighted by Gasteiger charge is 2.34. The standard InChI is InChI=1S/C18H29FN2O3S/c1-7-15(18(22)20-17(12(2)3)13(4)5)21(25(6,23)24)16-11-9-8-10-14(16)19/h8-13,15,17H,7H2,1-6H3,(H,20,22)/t15-/m0/s1. The number of halogens is 1. The predicted octanol–water partition coefficient (Wildman–Crippen LogP) is 3.17. The first-order valence-corrected chi connectivity index (χ1v) is 10.4. The van der Waals surface area contributed by atoms with Crippen molar-refractivity contribution < 1.29 is 17.6 Å². The molecular formula is C18H29FN2O3S. The second-order valence-electron chi connectivity index (χ2n) is 6.96. The Bertz CT molecular complexity index is 681. The van der Waals surface area contributed by atoms with Crippen molar-refractivity contribution in [2.75, 3.05) is 10.6 Å². The third-order valence-corrected chi connectivity index (χ3v) is 5.33. The molecule has 0 aliphatic rings. The minimum Gasteiger partial charge on any atom is -0.351 e. The van der Waals surface area contributed by atoms with E-state index in [0.717, 1.165) is 10.6 Å². The van der Waals surface area contributed by atoms with Crippen molar-refractivity contribution in [3.8, 4) is 0 Å². The summed E-state index contributed by atoms with van der Waals surface area (Å²) in [6.45, 7) is 9.70. The van der Waals surface area contributed by atoms with Crippen LogP contribution in [0.15, 0.2) is 24.3 Å². The summed E-state index contributed by atoms with van der Waals surface area (Å²) in [5, 5.41) is 2.94. The summed E-state index contributed by atoms with van der Waals surface area (Å²) >= 11 is 0. The molecule has 5 nitrogen and oxygen atoms in total. The van der Waals surface area contributed by atoms with Gasteiger partial charge in [0.05, 0.1) is 11.9 Å². The van der Waals surface area contributed by atoms with E-state index in [-0.39, 0.29) is 30.0 Å². The summed E-state index contributed by atoms with van der Waals surface area (Å²) in [6, 6.07) is 4.48. The Balaban J connectivity index is 3.27. The highest BCUT2D eigenvalue weighted by atomic mass is 32.2. The van der Waals surface area contributed by atoms with E-state index in [1.807, 2.05) is 27.7 Å². The zero-order chi connectivity index (χ0) is 19.4.